The molecule has 0 spiro atoms. The largest absolute Gasteiger partial charge is 0.459 e. The number of amides is 2. The number of aliphatic hydroxyl groups excluding tert-OH is 1. The normalized spacial score (nSPS) is 18.9. The highest BCUT2D eigenvalue weighted by Crippen LogP contribution is 2.16. The molecule has 2 heterocycles. The zero-order valence-electron chi connectivity index (χ0n) is 9.96. The fraction of sp³-hybridized carbons (Fsp3) is 0.500. The van der Waals surface area contributed by atoms with E-state index in [0.29, 0.717) is 6.54 Å². The van der Waals surface area contributed by atoms with Crippen molar-refractivity contribution in [3.05, 3.63) is 24.2 Å². The molecule has 6 nitrogen and oxygen atoms in total. The minimum atomic E-state index is -0.409. The lowest BCUT2D eigenvalue weighted by Gasteiger charge is -2.22. The van der Waals surface area contributed by atoms with E-state index < -0.39 is 5.91 Å². The summed E-state index contributed by atoms with van der Waals surface area (Å²) in [5.41, 5.74) is 0. The van der Waals surface area contributed by atoms with Crippen LogP contribution in [0.1, 0.15) is 23.4 Å². The van der Waals surface area contributed by atoms with Crippen LogP contribution in [0, 0.1) is 0 Å². The van der Waals surface area contributed by atoms with Gasteiger partial charge in [0.1, 0.15) is 0 Å². The molecule has 1 aromatic rings. The van der Waals surface area contributed by atoms with Crippen LogP contribution in [0.25, 0.3) is 0 Å². The monoisotopic (exact) mass is 252 g/mol. The highest BCUT2D eigenvalue weighted by molar-refractivity contribution is 5.94. The van der Waals surface area contributed by atoms with E-state index in [2.05, 4.69) is 5.32 Å². The molecule has 1 fully saturated rings. The van der Waals surface area contributed by atoms with E-state index in [4.69, 9.17) is 9.52 Å². The van der Waals surface area contributed by atoms with Crippen molar-refractivity contribution in [3.63, 3.8) is 0 Å². The molecule has 2 rings (SSSR count). The lowest BCUT2D eigenvalue weighted by Crippen LogP contribution is -2.43. The second-order valence-corrected chi connectivity index (χ2v) is 4.23. The van der Waals surface area contributed by atoms with Gasteiger partial charge in [-0.15, -0.1) is 0 Å². The second-order valence-electron chi connectivity index (χ2n) is 4.23. The summed E-state index contributed by atoms with van der Waals surface area (Å²) in [7, 11) is 0. The first-order valence-electron chi connectivity index (χ1n) is 5.94. The Kier molecular flexibility index (Phi) is 3.99. The highest BCUT2D eigenvalue weighted by Gasteiger charge is 2.28. The molecule has 0 aliphatic carbocycles. The molecule has 1 saturated heterocycles. The molecule has 0 aromatic carbocycles. The molecule has 18 heavy (non-hydrogen) atoms. The fourth-order valence-electron chi connectivity index (χ4n) is 2.11. The Labute approximate surface area is 105 Å². The molecule has 6 heteroatoms. The molecule has 1 aromatic heterocycles. The van der Waals surface area contributed by atoms with Gasteiger partial charge in [-0.05, 0) is 25.0 Å². The Morgan fingerprint density at radius 1 is 1.56 bits per heavy atom. The van der Waals surface area contributed by atoms with Gasteiger partial charge in [0.05, 0.1) is 25.5 Å². The van der Waals surface area contributed by atoms with Crippen LogP contribution >= 0.6 is 0 Å². The van der Waals surface area contributed by atoms with Crippen LogP contribution in [-0.4, -0.2) is 47.6 Å². The Hall–Kier alpha value is -1.82. The van der Waals surface area contributed by atoms with Gasteiger partial charge in [0, 0.05) is 6.54 Å². The summed E-state index contributed by atoms with van der Waals surface area (Å²) in [4.78, 5) is 25.0. The van der Waals surface area contributed by atoms with Crippen molar-refractivity contribution in [2.75, 3.05) is 19.7 Å². The third-order valence-electron chi connectivity index (χ3n) is 3.05. The smallest absolute Gasteiger partial charge is 0.287 e. The molecule has 2 amide bonds. The second kappa shape index (κ2) is 5.68. The van der Waals surface area contributed by atoms with Gasteiger partial charge in [0.2, 0.25) is 5.91 Å². The maximum atomic E-state index is 11.9. The summed E-state index contributed by atoms with van der Waals surface area (Å²) in [6.45, 7) is 0.536. The van der Waals surface area contributed by atoms with E-state index in [1.165, 1.54) is 12.3 Å². The van der Waals surface area contributed by atoms with Crippen LogP contribution in [0.2, 0.25) is 0 Å². The van der Waals surface area contributed by atoms with Crippen LogP contribution in [0.5, 0.6) is 0 Å². The van der Waals surface area contributed by atoms with Crippen LogP contribution in [0.15, 0.2) is 22.8 Å². The van der Waals surface area contributed by atoms with E-state index in [1.807, 2.05) is 0 Å². The number of likely N-dealkylation sites (tertiary alicyclic amines) is 1. The number of hydrogen-bond donors (Lipinski definition) is 2. The average Bonchev–Trinajstić information content (AvgIpc) is 3.04. The van der Waals surface area contributed by atoms with Crippen molar-refractivity contribution in [2.45, 2.75) is 18.9 Å². The van der Waals surface area contributed by atoms with Crippen molar-refractivity contribution >= 4 is 11.8 Å². The van der Waals surface area contributed by atoms with E-state index in [1.54, 1.807) is 11.0 Å². The quantitative estimate of drug-likeness (QED) is 0.789. The number of hydrogen-bond acceptors (Lipinski definition) is 4. The number of furan rings is 1. The first kappa shape index (κ1) is 12.6. The molecule has 0 bridgehead atoms. The first-order valence-corrected chi connectivity index (χ1v) is 5.94. The highest BCUT2D eigenvalue weighted by atomic mass is 16.3. The average molecular weight is 252 g/mol. The van der Waals surface area contributed by atoms with Gasteiger partial charge in [-0.2, -0.15) is 0 Å². The van der Waals surface area contributed by atoms with Crippen molar-refractivity contribution in [3.8, 4) is 0 Å². The summed E-state index contributed by atoms with van der Waals surface area (Å²) in [5, 5.41) is 11.6. The number of rotatable bonds is 4. The number of nitrogens with one attached hydrogen (secondary N) is 1. The van der Waals surface area contributed by atoms with E-state index in [-0.39, 0.29) is 30.9 Å². The Bertz CT molecular complexity index is 416. The van der Waals surface area contributed by atoms with Crippen molar-refractivity contribution in [2.24, 2.45) is 0 Å². The minimum absolute atomic E-state index is 0.0299. The van der Waals surface area contributed by atoms with E-state index in [0.717, 1.165) is 12.8 Å². The molecule has 1 unspecified atom stereocenters. The van der Waals surface area contributed by atoms with Gasteiger partial charge >= 0.3 is 0 Å². The molecular formula is C12H16N2O4. The minimum Gasteiger partial charge on any atom is -0.459 e. The maximum absolute atomic E-state index is 11.9. The number of carbonyl (C=O) groups excluding carboxylic acids is 2. The maximum Gasteiger partial charge on any atom is 0.287 e. The summed E-state index contributed by atoms with van der Waals surface area (Å²) < 4.78 is 4.92. The molecule has 0 saturated carbocycles. The van der Waals surface area contributed by atoms with Gasteiger partial charge in [-0.25, -0.2) is 0 Å². The Balaban J connectivity index is 1.83. The van der Waals surface area contributed by atoms with Crippen LogP contribution in [0.4, 0.5) is 0 Å². The fourth-order valence-corrected chi connectivity index (χ4v) is 2.11. The standard InChI is InChI=1S/C12H16N2O4/c15-8-9-3-1-5-14(9)11(16)7-13-12(17)10-4-2-6-18-10/h2,4,6,9,15H,1,3,5,7-8H2,(H,13,17). The van der Waals surface area contributed by atoms with Gasteiger partial charge in [0.25, 0.3) is 5.91 Å². The third kappa shape index (κ3) is 2.70. The molecule has 1 aliphatic rings. The molecule has 1 aliphatic heterocycles. The van der Waals surface area contributed by atoms with Crippen LogP contribution in [-0.2, 0) is 4.79 Å². The molecule has 1 atom stereocenters. The van der Waals surface area contributed by atoms with Crippen molar-refractivity contribution < 1.29 is 19.1 Å². The van der Waals surface area contributed by atoms with Gasteiger partial charge < -0.3 is 19.7 Å². The summed E-state index contributed by atoms with van der Waals surface area (Å²) in [5.74, 6) is -0.400. The molecule has 0 radical (unpaired) electrons. The van der Waals surface area contributed by atoms with Crippen LogP contribution in [0.3, 0.4) is 0 Å². The van der Waals surface area contributed by atoms with E-state index >= 15 is 0 Å². The summed E-state index contributed by atoms with van der Waals surface area (Å²) in [6.07, 6.45) is 3.11. The van der Waals surface area contributed by atoms with E-state index in [9.17, 15) is 9.59 Å². The molecule has 98 valence electrons. The lowest BCUT2D eigenvalue weighted by atomic mass is 10.2. The number of carbonyl (C=O) groups is 2. The number of aliphatic hydroxyl groups is 1. The van der Waals surface area contributed by atoms with Gasteiger partial charge in [-0.3, -0.25) is 9.59 Å². The Morgan fingerprint density at radius 3 is 3.06 bits per heavy atom. The van der Waals surface area contributed by atoms with Gasteiger partial charge in [0.15, 0.2) is 5.76 Å². The third-order valence-corrected chi connectivity index (χ3v) is 3.05. The lowest BCUT2D eigenvalue weighted by molar-refractivity contribution is -0.131. The SMILES string of the molecule is O=C(NCC(=O)N1CCCC1CO)c1ccco1. The number of nitrogens with zero attached hydrogens (tertiary/aromatic N) is 1. The topological polar surface area (TPSA) is 82.8 Å². The predicted molar refractivity (Wildman–Crippen MR) is 62.9 cm³/mol. The van der Waals surface area contributed by atoms with Crippen molar-refractivity contribution in [1.29, 1.82) is 0 Å². The summed E-state index contributed by atoms with van der Waals surface area (Å²) >= 11 is 0. The van der Waals surface area contributed by atoms with Crippen molar-refractivity contribution in [1.82, 2.24) is 10.2 Å². The van der Waals surface area contributed by atoms with Crippen LogP contribution < -0.4 is 5.32 Å². The molecule has 2 N–H and O–H groups in total. The zero-order valence-corrected chi connectivity index (χ0v) is 9.96. The first-order chi connectivity index (χ1) is 8.72. The zero-order chi connectivity index (χ0) is 13.0. The molecular weight excluding hydrogens is 236 g/mol. The Morgan fingerprint density at radius 2 is 2.39 bits per heavy atom. The predicted octanol–water partition coefficient (Wildman–Crippen LogP) is -0.00730. The van der Waals surface area contributed by atoms with Gasteiger partial charge in [-0.1, -0.05) is 0 Å². The summed E-state index contributed by atoms with van der Waals surface area (Å²) in [6, 6.07) is 3.03.